The third-order valence-corrected chi connectivity index (χ3v) is 4.39. The van der Waals surface area contributed by atoms with E-state index in [0.29, 0.717) is 0 Å². The number of hydrogen-bond donors (Lipinski definition) is 1. The first-order valence-corrected chi connectivity index (χ1v) is 6.94. The number of thiazole rings is 1. The van der Waals surface area contributed by atoms with E-state index in [-0.39, 0.29) is 0 Å². The third-order valence-electron chi connectivity index (χ3n) is 3.24. The van der Waals surface area contributed by atoms with Crippen molar-refractivity contribution in [1.29, 1.82) is 0 Å². The maximum atomic E-state index is 5.29. The van der Waals surface area contributed by atoms with E-state index < -0.39 is 0 Å². The van der Waals surface area contributed by atoms with Gasteiger partial charge in [-0.2, -0.15) is 0 Å². The lowest BCUT2D eigenvalue weighted by molar-refractivity contribution is 0.412. The molecule has 0 aliphatic carbocycles. The van der Waals surface area contributed by atoms with Gasteiger partial charge in [0.1, 0.15) is 10.8 Å². The minimum Gasteiger partial charge on any atom is -0.496 e. The van der Waals surface area contributed by atoms with E-state index in [1.165, 1.54) is 16.1 Å². The van der Waals surface area contributed by atoms with Gasteiger partial charge in [-0.05, 0) is 30.7 Å². The van der Waals surface area contributed by atoms with Crippen molar-refractivity contribution in [1.82, 2.24) is 10.3 Å². The Morgan fingerprint density at radius 3 is 3.00 bits per heavy atom. The average molecular weight is 260 g/mol. The molecule has 1 aliphatic rings. The number of benzene rings is 1. The normalized spacial score (nSPS) is 14.3. The van der Waals surface area contributed by atoms with Crippen molar-refractivity contribution in [3.8, 4) is 16.3 Å². The fourth-order valence-corrected chi connectivity index (χ4v) is 3.33. The zero-order chi connectivity index (χ0) is 12.5. The summed E-state index contributed by atoms with van der Waals surface area (Å²) in [6.45, 7) is 4.07. The van der Waals surface area contributed by atoms with Crippen LogP contribution in [-0.4, -0.2) is 18.6 Å². The molecule has 0 amide bonds. The predicted octanol–water partition coefficient (Wildman–Crippen LogP) is 2.77. The molecule has 4 heteroatoms. The van der Waals surface area contributed by atoms with Crippen LogP contribution in [-0.2, 0) is 13.0 Å². The zero-order valence-electron chi connectivity index (χ0n) is 10.6. The van der Waals surface area contributed by atoms with Gasteiger partial charge in [-0.3, -0.25) is 0 Å². The Morgan fingerprint density at radius 2 is 2.28 bits per heavy atom. The zero-order valence-corrected chi connectivity index (χ0v) is 11.4. The van der Waals surface area contributed by atoms with Gasteiger partial charge in [-0.1, -0.05) is 0 Å². The second kappa shape index (κ2) is 4.71. The maximum absolute atomic E-state index is 5.29. The van der Waals surface area contributed by atoms with E-state index in [9.17, 15) is 0 Å². The molecule has 3 rings (SSSR count). The first kappa shape index (κ1) is 11.7. The molecule has 0 unspecified atom stereocenters. The number of aryl methyl sites for hydroxylation is 1. The molecule has 18 heavy (non-hydrogen) atoms. The summed E-state index contributed by atoms with van der Waals surface area (Å²) in [5.41, 5.74) is 3.61. The maximum Gasteiger partial charge on any atom is 0.123 e. The van der Waals surface area contributed by atoms with Gasteiger partial charge >= 0.3 is 0 Å². The van der Waals surface area contributed by atoms with Gasteiger partial charge in [0.25, 0.3) is 0 Å². The van der Waals surface area contributed by atoms with Crippen molar-refractivity contribution in [3.05, 3.63) is 34.3 Å². The molecule has 1 aliphatic heterocycles. The summed E-state index contributed by atoms with van der Waals surface area (Å²) < 4.78 is 5.29. The van der Waals surface area contributed by atoms with Crippen LogP contribution in [0.2, 0.25) is 0 Å². The molecule has 0 fully saturated rings. The summed E-state index contributed by atoms with van der Waals surface area (Å²) in [4.78, 5) is 6.13. The minimum absolute atomic E-state index is 0.932. The SMILES string of the molecule is COc1ccc(-c2nc3c(s2)CNCC3)cc1C. The third kappa shape index (κ3) is 2.02. The molecule has 2 heterocycles. The molecule has 0 spiro atoms. The Bertz CT molecular complexity index is 554. The summed E-state index contributed by atoms with van der Waals surface area (Å²) in [6.07, 6.45) is 1.04. The van der Waals surface area contributed by atoms with Crippen LogP contribution in [0.15, 0.2) is 18.2 Å². The summed E-state index contributed by atoms with van der Waals surface area (Å²) in [5.74, 6) is 0.932. The molecule has 94 valence electrons. The van der Waals surface area contributed by atoms with E-state index in [4.69, 9.17) is 9.72 Å². The van der Waals surface area contributed by atoms with Crippen molar-refractivity contribution in [3.63, 3.8) is 0 Å². The molecule has 3 nitrogen and oxygen atoms in total. The molecule has 0 atom stereocenters. The first-order valence-electron chi connectivity index (χ1n) is 6.12. The Labute approximate surface area is 111 Å². The number of hydrogen-bond acceptors (Lipinski definition) is 4. The van der Waals surface area contributed by atoms with Crippen LogP contribution in [0.25, 0.3) is 10.6 Å². The molecule has 0 bridgehead atoms. The monoisotopic (exact) mass is 260 g/mol. The Balaban J connectivity index is 1.99. The highest BCUT2D eigenvalue weighted by Crippen LogP contribution is 2.32. The highest BCUT2D eigenvalue weighted by Gasteiger charge is 2.15. The fourth-order valence-electron chi connectivity index (χ4n) is 2.26. The van der Waals surface area contributed by atoms with Gasteiger partial charge < -0.3 is 10.1 Å². The highest BCUT2D eigenvalue weighted by molar-refractivity contribution is 7.15. The highest BCUT2D eigenvalue weighted by atomic mass is 32.1. The largest absolute Gasteiger partial charge is 0.496 e. The fraction of sp³-hybridized carbons (Fsp3) is 0.357. The number of ether oxygens (including phenoxy) is 1. The van der Waals surface area contributed by atoms with Gasteiger partial charge in [0.2, 0.25) is 0 Å². The summed E-state index contributed by atoms with van der Waals surface area (Å²) >= 11 is 1.80. The van der Waals surface area contributed by atoms with Crippen molar-refractivity contribution < 1.29 is 4.74 Å². The summed E-state index contributed by atoms with van der Waals surface area (Å²) in [5, 5.41) is 4.51. The Morgan fingerprint density at radius 1 is 1.39 bits per heavy atom. The van der Waals surface area contributed by atoms with Crippen molar-refractivity contribution in [2.45, 2.75) is 19.9 Å². The summed E-state index contributed by atoms with van der Waals surface area (Å²) in [7, 11) is 1.70. The molecule has 2 aromatic rings. The summed E-state index contributed by atoms with van der Waals surface area (Å²) in [6, 6.07) is 6.25. The van der Waals surface area contributed by atoms with Crippen molar-refractivity contribution in [2.24, 2.45) is 0 Å². The number of methoxy groups -OCH3 is 1. The lowest BCUT2D eigenvalue weighted by Gasteiger charge is -2.09. The molecule has 1 aromatic heterocycles. The van der Waals surface area contributed by atoms with Crippen molar-refractivity contribution in [2.75, 3.05) is 13.7 Å². The molecular formula is C14H16N2OS. The van der Waals surface area contributed by atoms with Crippen LogP contribution in [0.3, 0.4) is 0 Å². The Hall–Kier alpha value is -1.39. The van der Waals surface area contributed by atoms with Crippen LogP contribution in [0, 0.1) is 6.92 Å². The number of aromatic nitrogens is 1. The lowest BCUT2D eigenvalue weighted by Crippen LogP contribution is -2.22. The van der Waals surface area contributed by atoms with Crippen LogP contribution < -0.4 is 10.1 Å². The number of fused-ring (bicyclic) bond motifs is 1. The van der Waals surface area contributed by atoms with E-state index in [0.717, 1.165) is 35.8 Å². The van der Waals surface area contributed by atoms with Gasteiger partial charge in [-0.25, -0.2) is 4.98 Å². The van der Waals surface area contributed by atoms with Crippen LogP contribution >= 0.6 is 11.3 Å². The molecule has 1 N–H and O–H groups in total. The molecule has 0 saturated heterocycles. The smallest absolute Gasteiger partial charge is 0.123 e. The molecule has 1 aromatic carbocycles. The van der Waals surface area contributed by atoms with Crippen molar-refractivity contribution >= 4 is 11.3 Å². The topological polar surface area (TPSA) is 34.1 Å². The molecular weight excluding hydrogens is 244 g/mol. The second-order valence-corrected chi connectivity index (χ2v) is 5.58. The van der Waals surface area contributed by atoms with Crippen LogP contribution in [0.5, 0.6) is 5.75 Å². The van der Waals surface area contributed by atoms with Crippen LogP contribution in [0.1, 0.15) is 16.1 Å². The standard InChI is InChI=1S/C14H16N2OS/c1-9-7-10(3-4-12(9)17-2)14-16-11-5-6-15-8-13(11)18-14/h3-4,7,15H,5-6,8H2,1-2H3. The van der Waals surface area contributed by atoms with Crippen LogP contribution in [0.4, 0.5) is 0 Å². The van der Waals surface area contributed by atoms with Gasteiger partial charge in [0.05, 0.1) is 12.8 Å². The first-order chi connectivity index (χ1) is 8.78. The molecule has 0 radical (unpaired) electrons. The average Bonchev–Trinajstić information content (AvgIpc) is 2.82. The molecule has 0 saturated carbocycles. The lowest BCUT2D eigenvalue weighted by atomic mass is 10.1. The van der Waals surface area contributed by atoms with Gasteiger partial charge in [0.15, 0.2) is 0 Å². The van der Waals surface area contributed by atoms with E-state index in [1.54, 1.807) is 18.4 Å². The minimum atomic E-state index is 0.932. The van der Waals surface area contributed by atoms with E-state index in [2.05, 4.69) is 24.4 Å². The Kier molecular flexibility index (Phi) is 3.06. The van der Waals surface area contributed by atoms with Gasteiger partial charge in [0, 0.05) is 30.0 Å². The number of nitrogens with one attached hydrogen (secondary N) is 1. The number of nitrogens with zero attached hydrogens (tertiary/aromatic N) is 1. The number of rotatable bonds is 2. The quantitative estimate of drug-likeness (QED) is 0.901. The van der Waals surface area contributed by atoms with Gasteiger partial charge in [-0.15, -0.1) is 11.3 Å². The van der Waals surface area contributed by atoms with E-state index >= 15 is 0 Å². The predicted molar refractivity (Wildman–Crippen MR) is 74.2 cm³/mol. The van der Waals surface area contributed by atoms with E-state index in [1.807, 2.05) is 6.07 Å². The second-order valence-electron chi connectivity index (χ2n) is 4.50.